The first-order valence-electron chi connectivity index (χ1n) is 4.89. The summed E-state index contributed by atoms with van der Waals surface area (Å²) in [4.78, 5) is 15.5. The number of carbonyl (C=O) groups excluding carboxylic acids is 1. The fraction of sp³-hybridized carbons (Fsp3) is 0.0833. The fourth-order valence-electron chi connectivity index (χ4n) is 1.28. The smallest absolute Gasteiger partial charge is 0.346 e. The number of hydrogen-bond acceptors (Lipinski definition) is 4. The van der Waals surface area contributed by atoms with Crippen LogP contribution in [-0.4, -0.2) is 15.5 Å². The highest BCUT2D eigenvalue weighted by atomic mass is 16.5. The van der Waals surface area contributed by atoms with E-state index in [4.69, 9.17) is 10.00 Å². The molecule has 0 amide bonds. The molecule has 5 nitrogen and oxygen atoms in total. The van der Waals surface area contributed by atoms with E-state index in [1.54, 1.807) is 29.1 Å². The summed E-state index contributed by atoms with van der Waals surface area (Å²) in [5.41, 5.74) is 0.878. The normalized spacial score (nSPS) is 9.65. The van der Waals surface area contributed by atoms with Crippen LogP contribution < -0.4 is 4.74 Å². The Labute approximate surface area is 97.9 Å². The molecular formula is C12H9N3O2. The first-order chi connectivity index (χ1) is 8.19. The summed E-state index contributed by atoms with van der Waals surface area (Å²) < 4.78 is 6.79. The van der Waals surface area contributed by atoms with Crippen molar-refractivity contribution in [3.8, 4) is 11.9 Å². The molecule has 0 atom stereocenters. The van der Waals surface area contributed by atoms with Gasteiger partial charge in [-0.1, -0.05) is 0 Å². The van der Waals surface area contributed by atoms with E-state index in [1.807, 2.05) is 13.1 Å². The second-order valence-electron chi connectivity index (χ2n) is 3.45. The molecule has 0 saturated carbocycles. The van der Waals surface area contributed by atoms with E-state index < -0.39 is 5.97 Å². The first-order valence-corrected chi connectivity index (χ1v) is 4.89. The number of ether oxygens (including phenoxy) is 1. The topological polar surface area (TPSA) is 67.9 Å². The molecule has 0 bridgehead atoms. The molecule has 2 rings (SSSR count). The Balaban J connectivity index is 2.11. The second-order valence-corrected chi connectivity index (χ2v) is 3.45. The number of aromatic nitrogens is 2. The van der Waals surface area contributed by atoms with Crippen LogP contribution in [0.25, 0.3) is 0 Å². The summed E-state index contributed by atoms with van der Waals surface area (Å²) in [6.07, 6.45) is 4.77. The van der Waals surface area contributed by atoms with E-state index >= 15 is 0 Å². The predicted octanol–water partition coefficient (Wildman–Crippen LogP) is 1.51. The highest BCUT2D eigenvalue weighted by Crippen LogP contribution is 2.10. The quantitative estimate of drug-likeness (QED) is 0.729. The lowest BCUT2D eigenvalue weighted by Gasteiger charge is -2.00. The minimum atomic E-state index is -0.470. The van der Waals surface area contributed by atoms with E-state index in [0.29, 0.717) is 11.1 Å². The molecule has 5 heteroatoms. The van der Waals surface area contributed by atoms with Crippen molar-refractivity contribution in [3.63, 3.8) is 0 Å². The summed E-state index contributed by atoms with van der Waals surface area (Å²) in [7, 11) is 1.82. The molecule has 0 aliphatic carbocycles. The summed E-state index contributed by atoms with van der Waals surface area (Å²) >= 11 is 0. The van der Waals surface area contributed by atoms with Gasteiger partial charge in [0.25, 0.3) is 0 Å². The van der Waals surface area contributed by atoms with Crippen molar-refractivity contribution in [2.24, 2.45) is 7.05 Å². The van der Waals surface area contributed by atoms with E-state index in [2.05, 4.69) is 4.98 Å². The number of rotatable bonds is 2. The highest BCUT2D eigenvalue weighted by molar-refractivity contribution is 5.90. The lowest BCUT2D eigenvalue weighted by atomic mass is 10.3. The van der Waals surface area contributed by atoms with Crippen molar-refractivity contribution in [2.75, 3.05) is 0 Å². The number of carbonyl (C=O) groups is 1. The standard InChI is InChI=1S/C12H9N3O2/c1-15-5-4-10(8-15)12(16)17-11-3-2-9(6-13)7-14-11/h2-5,7-8H,1H3. The largest absolute Gasteiger partial charge is 0.404 e. The van der Waals surface area contributed by atoms with Gasteiger partial charge in [-0.2, -0.15) is 5.26 Å². The van der Waals surface area contributed by atoms with Gasteiger partial charge in [-0.05, 0) is 12.1 Å². The number of nitriles is 1. The number of nitrogens with zero attached hydrogens (tertiary/aromatic N) is 3. The third-order valence-corrected chi connectivity index (χ3v) is 2.13. The number of aryl methyl sites for hydroxylation is 1. The predicted molar refractivity (Wildman–Crippen MR) is 59.3 cm³/mol. The van der Waals surface area contributed by atoms with Crippen molar-refractivity contribution in [3.05, 3.63) is 47.9 Å². The molecule has 0 aliphatic rings. The van der Waals surface area contributed by atoms with Gasteiger partial charge in [0.05, 0.1) is 11.1 Å². The maximum Gasteiger partial charge on any atom is 0.346 e. The molecule has 0 N–H and O–H groups in total. The van der Waals surface area contributed by atoms with Gasteiger partial charge in [0, 0.05) is 31.7 Å². The minimum Gasteiger partial charge on any atom is -0.404 e. The molecule has 0 saturated heterocycles. The average Bonchev–Trinajstić information content (AvgIpc) is 2.77. The van der Waals surface area contributed by atoms with Crippen LogP contribution >= 0.6 is 0 Å². The summed E-state index contributed by atoms with van der Waals surface area (Å²) in [5.74, 6) is -0.291. The molecule has 2 heterocycles. The molecule has 0 fully saturated rings. The molecule has 0 aromatic carbocycles. The lowest BCUT2D eigenvalue weighted by molar-refractivity contribution is 0.0727. The molecule has 2 aromatic heterocycles. The Kier molecular flexibility index (Phi) is 2.88. The van der Waals surface area contributed by atoms with E-state index in [-0.39, 0.29) is 5.88 Å². The van der Waals surface area contributed by atoms with Crippen LogP contribution in [0.1, 0.15) is 15.9 Å². The van der Waals surface area contributed by atoms with Crippen LogP contribution in [0.2, 0.25) is 0 Å². The maximum absolute atomic E-state index is 11.6. The monoisotopic (exact) mass is 227 g/mol. The van der Waals surface area contributed by atoms with Gasteiger partial charge in [-0.15, -0.1) is 0 Å². The Morgan fingerprint density at radius 1 is 1.47 bits per heavy atom. The lowest BCUT2D eigenvalue weighted by Crippen LogP contribution is -2.08. The van der Waals surface area contributed by atoms with Crippen LogP contribution in [0.5, 0.6) is 5.88 Å². The van der Waals surface area contributed by atoms with Gasteiger partial charge in [0.2, 0.25) is 5.88 Å². The van der Waals surface area contributed by atoms with Crippen LogP contribution in [0.4, 0.5) is 0 Å². The molecular weight excluding hydrogens is 218 g/mol. The molecule has 84 valence electrons. The Morgan fingerprint density at radius 3 is 2.82 bits per heavy atom. The summed E-state index contributed by atoms with van der Waals surface area (Å²) in [6.45, 7) is 0. The van der Waals surface area contributed by atoms with E-state index in [9.17, 15) is 4.79 Å². The van der Waals surface area contributed by atoms with Gasteiger partial charge in [-0.25, -0.2) is 9.78 Å². The highest BCUT2D eigenvalue weighted by Gasteiger charge is 2.10. The zero-order chi connectivity index (χ0) is 12.3. The van der Waals surface area contributed by atoms with Crippen molar-refractivity contribution < 1.29 is 9.53 Å². The van der Waals surface area contributed by atoms with Crippen LogP contribution in [0, 0.1) is 11.3 Å². The molecule has 0 unspecified atom stereocenters. The Bertz CT molecular complexity index is 579. The third-order valence-electron chi connectivity index (χ3n) is 2.13. The zero-order valence-corrected chi connectivity index (χ0v) is 9.12. The first kappa shape index (κ1) is 10.9. The number of pyridine rings is 1. The van der Waals surface area contributed by atoms with E-state index in [1.165, 1.54) is 12.3 Å². The molecule has 0 radical (unpaired) electrons. The summed E-state index contributed by atoms with van der Waals surface area (Å²) in [6, 6.07) is 6.62. The van der Waals surface area contributed by atoms with Gasteiger partial charge >= 0.3 is 5.97 Å². The fourth-order valence-corrected chi connectivity index (χ4v) is 1.28. The number of esters is 1. The Morgan fingerprint density at radius 2 is 2.29 bits per heavy atom. The van der Waals surface area contributed by atoms with Crippen LogP contribution in [0.15, 0.2) is 36.8 Å². The van der Waals surface area contributed by atoms with Crippen LogP contribution in [-0.2, 0) is 7.05 Å². The minimum absolute atomic E-state index is 0.179. The van der Waals surface area contributed by atoms with Gasteiger partial charge in [-0.3, -0.25) is 0 Å². The molecule has 17 heavy (non-hydrogen) atoms. The summed E-state index contributed by atoms with van der Waals surface area (Å²) in [5, 5.41) is 8.59. The van der Waals surface area contributed by atoms with Gasteiger partial charge in [0.1, 0.15) is 6.07 Å². The van der Waals surface area contributed by atoms with Crippen molar-refractivity contribution in [1.82, 2.24) is 9.55 Å². The van der Waals surface area contributed by atoms with Gasteiger partial charge < -0.3 is 9.30 Å². The third kappa shape index (κ3) is 2.49. The zero-order valence-electron chi connectivity index (χ0n) is 9.12. The van der Waals surface area contributed by atoms with Crippen molar-refractivity contribution >= 4 is 5.97 Å². The molecule has 0 aliphatic heterocycles. The van der Waals surface area contributed by atoms with E-state index in [0.717, 1.165) is 0 Å². The molecule has 0 spiro atoms. The number of hydrogen-bond donors (Lipinski definition) is 0. The average molecular weight is 227 g/mol. The SMILES string of the molecule is Cn1ccc(C(=O)Oc2ccc(C#N)cn2)c1. The maximum atomic E-state index is 11.6. The molecule has 2 aromatic rings. The second kappa shape index (κ2) is 4.49. The van der Waals surface area contributed by atoms with Crippen molar-refractivity contribution in [2.45, 2.75) is 0 Å². The van der Waals surface area contributed by atoms with Crippen LogP contribution in [0.3, 0.4) is 0 Å². The van der Waals surface area contributed by atoms with Crippen molar-refractivity contribution in [1.29, 1.82) is 5.26 Å². The Hall–Kier alpha value is -2.61. The van der Waals surface area contributed by atoms with Gasteiger partial charge in [0.15, 0.2) is 0 Å².